The second-order valence-electron chi connectivity index (χ2n) is 4.50. The summed E-state index contributed by atoms with van der Waals surface area (Å²) in [7, 11) is -3.37. The minimum atomic E-state index is -3.37. The lowest BCUT2D eigenvalue weighted by molar-refractivity contribution is 0.600. The molecule has 0 saturated heterocycles. The van der Waals surface area contributed by atoms with E-state index >= 15 is 0 Å². The predicted octanol–water partition coefficient (Wildman–Crippen LogP) is 4.26. The smallest absolute Gasteiger partial charge is 0.175 e. The second-order valence-corrected chi connectivity index (χ2v) is 7.81. The monoisotopic (exact) mass is 391 g/mol. The molecule has 0 aliphatic heterocycles. The van der Waals surface area contributed by atoms with E-state index in [0.717, 1.165) is 22.4 Å². The molecule has 112 valence electrons. The summed E-state index contributed by atoms with van der Waals surface area (Å²) in [6.07, 6.45) is 1.08. The first-order valence-electron chi connectivity index (χ1n) is 5.95. The summed E-state index contributed by atoms with van der Waals surface area (Å²) in [4.78, 5) is 0.0709. The van der Waals surface area contributed by atoms with Crippen LogP contribution in [0.25, 0.3) is 0 Å². The Balaban J connectivity index is 2.23. The quantitative estimate of drug-likeness (QED) is 0.791. The van der Waals surface area contributed by atoms with E-state index < -0.39 is 15.7 Å². The summed E-state index contributed by atoms with van der Waals surface area (Å²) in [5, 5.41) is 3.48. The van der Waals surface area contributed by atoms with E-state index in [0.29, 0.717) is 11.6 Å². The first-order chi connectivity index (χ1) is 9.77. The molecule has 0 aromatic heterocycles. The maximum atomic E-state index is 13.7. The van der Waals surface area contributed by atoms with Gasteiger partial charge in [0.05, 0.1) is 10.6 Å². The fourth-order valence-electron chi connectivity index (χ4n) is 1.73. The molecule has 2 aromatic rings. The summed E-state index contributed by atoms with van der Waals surface area (Å²) in [5.74, 6) is -0.507. The van der Waals surface area contributed by atoms with Gasteiger partial charge in [-0.05, 0) is 35.9 Å². The minimum Gasteiger partial charge on any atom is -0.379 e. The Morgan fingerprint density at radius 2 is 1.95 bits per heavy atom. The van der Waals surface area contributed by atoms with Crippen LogP contribution in [0.15, 0.2) is 45.8 Å². The highest BCUT2D eigenvalue weighted by molar-refractivity contribution is 9.10. The first-order valence-corrected chi connectivity index (χ1v) is 9.01. The third-order valence-corrected chi connectivity index (χ3v) is 4.93. The summed E-state index contributed by atoms with van der Waals surface area (Å²) in [6, 6.07) is 8.93. The molecule has 0 bridgehead atoms. The zero-order valence-corrected chi connectivity index (χ0v) is 14.2. The fraction of sp³-hybridized carbons (Fsp3) is 0.143. The molecule has 0 spiro atoms. The number of nitrogens with one attached hydrogen (secondary N) is 1. The van der Waals surface area contributed by atoms with Gasteiger partial charge < -0.3 is 5.32 Å². The van der Waals surface area contributed by atoms with E-state index in [4.69, 9.17) is 11.6 Å². The van der Waals surface area contributed by atoms with Crippen molar-refractivity contribution < 1.29 is 12.8 Å². The Kier molecular flexibility index (Phi) is 4.91. The fourth-order valence-corrected chi connectivity index (χ4v) is 3.20. The van der Waals surface area contributed by atoms with Crippen LogP contribution in [-0.4, -0.2) is 14.7 Å². The minimum absolute atomic E-state index is 0.0709. The van der Waals surface area contributed by atoms with Crippen molar-refractivity contribution in [1.29, 1.82) is 0 Å². The van der Waals surface area contributed by atoms with Gasteiger partial charge in [-0.1, -0.05) is 33.6 Å². The summed E-state index contributed by atoms with van der Waals surface area (Å²) >= 11 is 9.22. The molecule has 2 rings (SSSR count). The molecule has 0 unspecified atom stereocenters. The van der Waals surface area contributed by atoms with Gasteiger partial charge in [-0.25, -0.2) is 12.8 Å². The molecule has 3 nitrogen and oxygen atoms in total. The van der Waals surface area contributed by atoms with E-state index in [1.54, 1.807) is 18.2 Å². The maximum Gasteiger partial charge on any atom is 0.175 e. The topological polar surface area (TPSA) is 46.2 Å². The molecule has 0 aliphatic carbocycles. The van der Waals surface area contributed by atoms with Crippen molar-refractivity contribution in [2.24, 2.45) is 0 Å². The molecule has 0 fully saturated rings. The van der Waals surface area contributed by atoms with Crippen LogP contribution in [0.1, 0.15) is 5.56 Å². The van der Waals surface area contributed by atoms with Crippen molar-refractivity contribution in [3.63, 3.8) is 0 Å². The van der Waals surface area contributed by atoms with Gasteiger partial charge >= 0.3 is 0 Å². The van der Waals surface area contributed by atoms with Crippen LogP contribution in [0, 0.1) is 5.82 Å². The Morgan fingerprint density at radius 3 is 2.57 bits per heavy atom. The van der Waals surface area contributed by atoms with E-state index in [2.05, 4.69) is 21.2 Å². The SMILES string of the molecule is CS(=O)(=O)c1ccc(F)c(NCc2ccc(Cl)cc2Br)c1. The molecule has 7 heteroatoms. The van der Waals surface area contributed by atoms with Gasteiger partial charge in [0.25, 0.3) is 0 Å². The first kappa shape index (κ1) is 16.3. The van der Waals surface area contributed by atoms with Crippen molar-refractivity contribution in [1.82, 2.24) is 0 Å². The lowest BCUT2D eigenvalue weighted by Gasteiger charge is -2.10. The highest BCUT2D eigenvalue weighted by Gasteiger charge is 2.11. The Hall–Kier alpha value is -1.11. The average molecular weight is 393 g/mol. The zero-order valence-electron chi connectivity index (χ0n) is 11.0. The van der Waals surface area contributed by atoms with Crippen LogP contribution >= 0.6 is 27.5 Å². The van der Waals surface area contributed by atoms with Gasteiger partial charge in [0.2, 0.25) is 0 Å². The largest absolute Gasteiger partial charge is 0.379 e. The maximum absolute atomic E-state index is 13.7. The number of hydrogen-bond donors (Lipinski definition) is 1. The van der Waals surface area contributed by atoms with Gasteiger partial charge in [0.15, 0.2) is 9.84 Å². The van der Waals surface area contributed by atoms with Crippen LogP contribution in [0.3, 0.4) is 0 Å². The molecule has 0 atom stereocenters. The third kappa shape index (κ3) is 4.18. The number of rotatable bonds is 4. The standard InChI is InChI=1S/C14H12BrClFNO2S/c1-21(19,20)11-4-5-13(17)14(7-11)18-8-9-2-3-10(16)6-12(9)15/h2-7,18H,8H2,1H3. The number of sulfone groups is 1. The van der Waals surface area contributed by atoms with E-state index in [1.807, 2.05) is 0 Å². The van der Waals surface area contributed by atoms with Crippen LogP contribution in [0.2, 0.25) is 5.02 Å². The zero-order chi connectivity index (χ0) is 15.6. The van der Waals surface area contributed by atoms with Gasteiger partial charge in [-0.3, -0.25) is 0 Å². The van der Waals surface area contributed by atoms with Gasteiger partial charge in [-0.15, -0.1) is 0 Å². The van der Waals surface area contributed by atoms with Crippen molar-refractivity contribution in [3.05, 3.63) is 57.3 Å². The number of halogens is 3. The van der Waals surface area contributed by atoms with Gasteiger partial charge in [-0.2, -0.15) is 0 Å². The van der Waals surface area contributed by atoms with Crippen LogP contribution in [-0.2, 0) is 16.4 Å². The lowest BCUT2D eigenvalue weighted by Crippen LogP contribution is -2.04. The molecular formula is C14H12BrClFNO2S. The second kappa shape index (κ2) is 6.34. The summed E-state index contributed by atoms with van der Waals surface area (Å²) in [5.41, 5.74) is 1.02. The Morgan fingerprint density at radius 1 is 1.24 bits per heavy atom. The van der Waals surface area contributed by atoms with E-state index in [9.17, 15) is 12.8 Å². The van der Waals surface area contributed by atoms with Crippen LogP contribution in [0.5, 0.6) is 0 Å². The predicted molar refractivity (Wildman–Crippen MR) is 86.0 cm³/mol. The number of anilines is 1. The number of hydrogen-bond acceptors (Lipinski definition) is 3. The highest BCUT2D eigenvalue weighted by atomic mass is 79.9. The van der Waals surface area contributed by atoms with Crippen LogP contribution in [0.4, 0.5) is 10.1 Å². The van der Waals surface area contributed by atoms with Crippen molar-refractivity contribution in [2.45, 2.75) is 11.4 Å². The van der Waals surface area contributed by atoms with Crippen molar-refractivity contribution >= 4 is 43.1 Å². The Bertz CT molecular complexity index is 781. The van der Waals surface area contributed by atoms with E-state index in [-0.39, 0.29) is 10.6 Å². The van der Waals surface area contributed by atoms with Crippen molar-refractivity contribution in [3.8, 4) is 0 Å². The highest BCUT2D eigenvalue weighted by Crippen LogP contribution is 2.24. The normalized spacial score (nSPS) is 11.4. The Labute approximate surface area is 136 Å². The molecule has 0 aliphatic rings. The molecule has 0 saturated carbocycles. The van der Waals surface area contributed by atoms with Gasteiger partial charge in [0, 0.05) is 22.3 Å². The van der Waals surface area contributed by atoms with Crippen molar-refractivity contribution in [2.75, 3.05) is 11.6 Å². The lowest BCUT2D eigenvalue weighted by atomic mass is 10.2. The molecule has 0 amide bonds. The average Bonchev–Trinajstić information content (AvgIpc) is 2.38. The summed E-state index contributed by atoms with van der Waals surface area (Å²) in [6.45, 7) is 0.335. The third-order valence-electron chi connectivity index (χ3n) is 2.85. The molecular weight excluding hydrogens is 381 g/mol. The molecule has 2 aromatic carbocycles. The van der Waals surface area contributed by atoms with Crippen LogP contribution < -0.4 is 5.32 Å². The van der Waals surface area contributed by atoms with E-state index in [1.165, 1.54) is 12.1 Å². The molecule has 1 N–H and O–H groups in total. The molecule has 0 radical (unpaired) electrons. The molecule has 21 heavy (non-hydrogen) atoms. The molecule has 0 heterocycles. The van der Waals surface area contributed by atoms with Gasteiger partial charge in [0.1, 0.15) is 5.82 Å². The summed E-state index contributed by atoms with van der Waals surface area (Å²) < 4.78 is 37.5. The number of benzene rings is 2.